The topological polar surface area (TPSA) is 38.8 Å². The van der Waals surface area contributed by atoms with Crippen molar-refractivity contribution in [2.45, 2.75) is 24.8 Å². The molecule has 1 atom stereocenters. The fraction of sp³-hybridized carbons (Fsp3) is 0.632. The van der Waals surface area contributed by atoms with Gasteiger partial charge in [-0.3, -0.25) is 4.90 Å². The molecular weight excluding hydrogens is 332 g/mol. The van der Waals surface area contributed by atoms with Crippen molar-refractivity contribution in [3.63, 3.8) is 0 Å². The van der Waals surface area contributed by atoms with Crippen LogP contribution in [0.4, 0.5) is 4.79 Å². The highest BCUT2D eigenvalue weighted by Crippen LogP contribution is 2.18. The zero-order chi connectivity index (χ0) is 18.2. The Hall–Kier alpha value is -1.24. The molecule has 0 spiro atoms. The van der Waals surface area contributed by atoms with E-state index in [0.29, 0.717) is 12.6 Å². The third kappa shape index (κ3) is 6.88. The van der Waals surface area contributed by atoms with Crippen molar-refractivity contribution in [2.24, 2.45) is 0 Å². The van der Waals surface area contributed by atoms with Gasteiger partial charge in [0.25, 0.3) is 0 Å². The Balaban J connectivity index is 1.63. The summed E-state index contributed by atoms with van der Waals surface area (Å²) >= 11 is 1.79. The highest BCUT2D eigenvalue weighted by atomic mass is 32.2. The molecule has 1 saturated heterocycles. The molecule has 1 aliphatic heterocycles. The zero-order valence-corrected chi connectivity index (χ0v) is 16.8. The molecule has 140 valence electrons. The van der Waals surface area contributed by atoms with E-state index in [1.54, 1.807) is 16.7 Å². The Kier molecular flexibility index (Phi) is 8.06. The number of carbonyl (C=O) groups is 1. The molecule has 25 heavy (non-hydrogen) atoms. The van der Waals surface area contributed by atoms with Gasteiger partial charge in [0.15, 0.2) is 0 Å². The van der Waals surface area contributed by atoms with Crippen molar-refractivity contribution in [1.82, 2.24) is 20.0 Å². The first-order valence-corrected chi connectivity index (χ1v) is 10.1. The lowest BCUT2D eigenvalue weighted by atomic mass is 10.2. The number of nitrogens with one attached hydrogen (secondary N) is 1. The molecule has 0 aromatic heterocycles. The monoisotopic (exact) mass is 364 g/mol. The van der Waals surface area contributed by atoms with Crippen LogP contribution in [0.25, 0.3) is 0 Å². The largest absolute Gasteiger partial charge is 0.336 e. The average Bonchev–Trinajstić information content (AvgIpc) is 2.61. The van der Waals surface area contributed by atoms with Gasteiger partial charge < -0.3 is 15.1 Å². The Labute approximate surface area is 156 Å². The van der Waals surface area contributed by atoms with E-state index in [1.165, 1.54) is 10.5 Å². The maximum Gasteiger partial charge on any atom is 0.317 e. The van der Waals surface area contributed by atoms with Crippen molar-refractivity contribution in [3.05, 3.63) is 29.8 Å². The van der Waals surface area contributed by atoms with Gasteiger partial charge in [0, 0.05) is 63.0 Å². The summed E-state index contributed by atoms with van der Waals surface area (Å²) in [5, 5.41) is 3.07. The maximum atomic E-state index is 12.2. The van der Waals surface area contributed by atoms with Gasteiger partial charge in [0.2, 0.25) is 0 Å². The summed E-state index contributed by atoms with van der Waals surface area (Å²) in [7, 11) is 4.03. The van der Waals surface area contributed by atoms with E-state index in [1.807, 2.05) is 7.05 Å². The van der Waals surface area contributed by atoms with Crippen LogP contribution in [0.1, 0.15) is 12.5 Å². The molecule has 2 amide bonds. The lowest BCUT2D eigenvalue weighted by molar-refractivity contribution is 0.117. The van der Waals surface area contributed by atoms with Crippen LogP contribution in [-0.4, -0.2) is 85.9 Å². The fourth-order valence-corrected chi connectivity index (χ4v) is 3.73. The Bertz CT molecular complexity index is 529. The van der Waals surface area contributed by atoms with E-state index >= 15 is 0 Å². The lowest BCUT2D eigenvalue weighted by Crippen LogP contribution is -2.52. The van der Waals surface area contributed by atoms with Crippen molar-refractivity contribution < 1.29 is 4.79 Å². The second kappa shape index (κ2) is 10.0. The van der Waals surface area contributed by atoms with Crippen LogP contribution in [0.5, 0.6) is 0 Å². The molecule has 6 heteroatoms. The Morgan fingerprint density at radius 2 is 1.88 bits per heavy atom. The number of hydrogen-bond donors (Lipinski definition) is 1. The van der Waals surface area contributed by atoms with Crippen LogP contribution in [0.3, 0.4) is 0 Å². The van der Waals surface area contributed by atoms with E-state index in [2.05, 4.69) is 60.3 Å². The summed E-state index contributed by atoms with van der Waals surface area (Å²) in [6, 6.07) is 8.92. The predicted molar refractivity (Wildman–Crippen MR) is 106 cm³/mol. The van der Waals surface area contributed by atoms with Crippen LogP contribution in [0.15, 0.2) is 29.2 Å². The number of piperazine rings is 1. The minimum Gasteiger partial charge on any atom is -0.336 e. The molecule has 1 aliphatic rings. The number of nitrogens with zero attached hydrogens (tertiary/aromatic N) is 3. The van der Waals surface area contributed by atoms with Gasteiger partial charge in [-0.15, -0.1) is 11.8 Å². The highest BCUT2D eigenvalue weighted by Gasteiger charge is 2.19. The van der Waals surface area contributed by atoms with Crippen molar-refractivity contribution >= 4 is 17.8 Å². The van der Waals surface area contributed by atoms with Gasteiger partial charge in [0.1, 0.15) is 0 Å². The normalized spacial score (nSPS) is 17.3. The van der Waals surface area contributed by atoms with Crippen molar-refractivity contribution in [3.8, 4) is 0 Å². The molecular formula is C19H32N4OS. The van der Waals surface area contributed by atoms with E-state index in [4.69, 9.17) is 0 Å². The van der Waals surface area contributed by atoms with Gasteiger partial charge >= 0.3 is 6.03 Å². The first kappa shape index (κ1) is 20.1. The van der Waals surface area contributed by atoms with Gasteiger partial charge in [-0.1, -0.05) is 17.7 Å². The number of aryl methyl sites for hydroxylation is 1. The summed E-state index contributed by atoms with van der Waals surface area (Å²) in [6.45, 7) is 10.1. The number of rotatable bonds is 7. The molecule has 0 saturated carbocycles. The minimum absolute atomic E-state index is 0.0190. The molecule has 1 N–H and O–H groups in total. The van der Waals surface area contributed by atoms with Gasteiger partial charge in [0.05, 0.1) is 0 Å². The molecule has 1 aromatic carbocycles. The van der Waals surface area contributed by atoms with Crippen LogP contribution >= 0.6 is 11.8 Å². The van der Waals surface area contributed by atoms with Crippen LogP contribution in [-0.2, 0) is 0 Å². The maximum absolute atomic E-state index is 12.2. The predicted octanol–water partition coefficient (Wildman–Crippen LogP) is 2.36. The van der Waals surface area contributed by atoms with Crippen molar-refractivity contribution in [2.75, 3.05) is 59.1 Å². The number of carbonyl (C=O) groups excluding carboxylic acids is 1. The van der Waals surface area contributed by atoms with E-state index in [0.717, 1.165) is 38.5 Å². The van der Waals surface area contributed by atoms with Gasteiger partial charge in [-0.05, 0) is 33.0 Å². The Morgan fingerprint density at radius 3 is 2.52 bits per heavy atom. The third-order valence-corrected chi connectivity index (χ3v) is 5.77. The number of benzene rings is 1. The van der Waals surface area contributed by atoms with Crippen LogP contribution in [0.2, 0.25) is 0 Å². The van der Waals surface area contributed by atoms with Crippen molar-refractivity contribution in [1.29, 1.82) is 0 Å². The smallest absolute Gasteiger partial charge is 0.317 e. The van der Waals surface area contributed by atoms with E-state index in [-0.39, 0.29) is 6.03 Å². The second-order valence-corrected chi connectivity index (χ2v) is 8.13. The lowest BCUT2D eigenvalue weighted by Gasteiger charge is -2.36. The molecule has 2 rings (SSSR count). The van der Waals surface area contributed by atoms with E-state index < -0.39 is 0 Å². The molecule has 5 nitrogen and oxygen atoms in total. The highest BCUT2D eigenvalue weighted by molar-refractivity contribution is 7.99. The third-order valence-electron chi connectivity index (χ3n) is 4.77. The molecule has 1 aromatic rings. The Morgan fingerprint density at radius 1 is 1.24 bits per heavy atom. The fourth-order valence-electron chi connectivity index (χ4n) is 2.80. The number of urea groups is 1. The number of likely N-dealkylation sites (N-methyl/N-ethyl adjacent to an activating group) is 1. The standard InChI is InChI=1S/C19H32N4OS/c1-16-5-7-18(8-6-16)25-14-13-22(4)19(24)20-15-17(2)23-11-9-21(3)10-12-23/h5-8,17H,9-15H2,1-4H3,(H,20,24)/t17-/m0/s1. The summed E-state index contributed by atoms with van der Waals surface area (Å²) in [5.41, 5.74) is 1.27. The second-order valence-electron chi connectivity index (χ2n) is 6.96. The minimum atomic E-state index is 0.0190. The molecule has 1 heterocycles. The summed E-state index contributed by atoms with van der Waals surface area (Å²) < 4.78 is 0. The van der Waals surface area contributed by atoms with Gasteiger partial charge in [-0.25, -0.2) is 4.79 Å². The number of hydrogen-bond acceptors (Lipinski definition) is 4. The molecule has 0 bridgehead atoms. The summed E-state index contributed by atoms with van der Waals surface area (Å²) in [5.74, 6) is 0.904. The van der Waals surface area contributed by atoms with Crippen LogP contribution in [0, 0.1) is 6.92 Å². The summed E-state index contributed by atoms with van der Waals surface area (Å²) in [4.78, 5) is 20.1. The number of thioether (sulfide) groups is 1. The first-order chi connectivity index (χ1) is 12.0. The number of amides is 2. The first-order valence-electron chi connectivity index (χ1n) is 9.06. The SMILES string of the molecule is Cc1ccc(SCCN(C)C(=O)NC[C@H](C)N2CCN(C)CC2)cc1. The quantitative estimate of drug-likeness (QED) is 0.754. The molecule has 0 radical (unpaired) electrons. The molecule has 1 fully saturated rings. The molecule has 0 aliphatic carbocycles. The van der Waals surface area contributed by atoms with Gasteiger partial charge in [-0.2, -0.15) is 0 Å². The molecule has 0 unspecified atom stereocenters. The average molecular weight is 365 g/mol. The summed E-state index contributed by atoms with van der Waals surface area (Å²) in [6.07, 6.45) is 0. The van der Waals surface area contributed by atoms with Crippen LogP contribution < -0.4 is 5.32 Å². The zero-order valence-electron chi connectivity index (χ0n) is 16.0. The van der Waals surface area contributed by atoms with E-state index in [9.17, 15) is 4.79 Å².